The molecule has 1 unspecified atom stereocenters. The van der Waals surface area contributed by atoms with E-state index in [4.69, 9.17) is 11.1 Å². The highest BCUT2D eigenvalue weighted by Crippen LogP contribution is 2.10. The van der Waals surface area contributed by atoms with Crippen molar-refractivity contribution in [1.29, 1.82) is 5.41 Å². The molecule has 8 heteroatoms. The zero-order chi connectivity index (χ0) is 20.3. The number of nitrogens with two attached hydrogens (primary N) is 2. The standard InChI is InChI=1S/C13H18N2O.C5H12N2O.CH4N2/c14-12(10-11-6-2-1-3-7-11)13(16)15-8-4-5-9-15;1-6-3-2-4-7-5-8;2-1-3/h1-3,6-7,12H,4-5,8-10,14H2;5-6H,2-4H2,1H3,(H,7,8);1H,(H3,2,3). The number of carbonyl (C=O) groups excluding carboxylic acids is 2. The maximum Gasteiger partial charge on any atom is 0.239 e. The predicted octanol–water partition coefficient (Wildman–Crippen LogP) is 0.0729. The lowest BCUT2D eigenvalue weighted by molar-refractivity contribution is -0.131. The van der Waals surface area contributed by atoms with Crippen LogP contribution in [0.3, 0.4) is 0 Å². The van der Waals surface area contributed by atoms with Gasteiger partial charge in [-0.15, -0.1) is 0 Å². The Morgan fingerprint density at radius 1 is 1.26 bits per heavy atom. The molecule has 1 fully saturated rings. The molecule has 0 bridgehead atoms. The van der Waals surface area contributed by atoms with Crippen LogP contribution < -0.4 is 22.1 Å². The topological polar surface area (TPSA) is 137 Å². The summed E-state index contributed by atoms with van der Waals surface area (Å²) in [5.41, 5.74) is 11.5. The minimum atomic E-state index is -0.388. The SMILES string of the molecule is CNCCCNC=O.N=CN.NC(Cc1ccccc1)C(=O)N1CCCC1. The van der Waals surface area contributed by atoms with Gasteiger partial charge in [-0.25, -0.2) is 0 Å². The van der Waals surface area contributed by atoms with Crippen LogP contribution in [0.5, 0.6) is 0 Å². The number of amides is 2. The Balaban J connectivity index is 0.000000519. The van der Waals surface area contributed by atoms with Crippen LogP contribution in [0.15, 0.2) is 30.3 Å². The van der Waals surface area contributed by atoms with E-state index in [0.717, 1.165) is 63.8 Å². The van der Waals surface area contributed by atoms with Gasteiger partial charge < -0.3 is 27.0 Å². The number of carbonyl (C=O) groups is 2. The Morgan fingerprint density at radius 3 is 2.37 bits per heavy atom. The highest BCUT2D eigenvalue weighted by atomic mass is 16.2. The fourth-order valence-electron chi connectivity index (χ4n) is 2.55. The molecule has 0 saturated carbocycles. The third-order valence-corrected chi connectivity index (χ3v) is 3.86. The van der Waals surface area contributed by atoms with Crippen molar-refractivity contribution in [2.75, 3.05) is 33.2 Å². The number of benzene rings is 1. The lowest BCUT2D eigenvalue weighted by Crippen LogP contribution is -2.43. The Morgan fingerprint density at radius 2 is 1.85 bits per heavy atom. The predicted molar refractivity (Wildman–Crippen MR) is 110 cm³/mol. The molecule has 1 aliphatic heterocycles. The first-order chi connectivity index (χ1) is 13.1. The summed E-state index contributed by atoms with van der Waals surface area (Å²) < 4.78 is 0. The molecule has 1 saturated heterocycles. The quantitative estimate of drug-likeness (QED) is 0.189. The van der Waals surface area contributed by atoms with Gasteiger partial charge in [0.2, 0.25) is 12.3 Å². The molecule has 1 aliphatic rings. The van der Waals surface area contributed by atoms with Crippen LogP contribution in [0.1, 0.15) is 24.8 Å². The van der Waals surface area contributed by atoms with Gasteiger partial charge in [0.05, 0.1) is 12.4 Å². The Labute approximate surface area is 162 Å². The molecule has 8 nitrogen and oxygen atoms in total. The van der Waals surface area contributed by atoms with Gasteiger partial charge in [0, 0.05) is 19.6 Å². The van der Waals surface area contributed by atoms with Crippen LogP contribution in [0.2, 0.25) is 0 Å². The van der Waals surface area contributed by atoms with E-state index in [9.17, 15) is 9.59 Å². The summed E-state index contributed by atoms with van der Waals surface area (Å²) in [5.74, 6) is 0.0985. The van der Waals surface area contributed by atoms with Gasteiger partial charge in [0.1, 0.15) is 0 Å². The molecule has 0 aliphatic carbocycles. The molecule has 2 rings (SSSR count). The smallest absolute Gasteiger partial charge is 0.239 e. The second kappa shape index (κ2) is 17.0. The first-order valence-corrected chi connectivity index (χ1v) is 9.21. The fourth-order valence-corrected chi connectivity index (χ4v) is 2.55. The molecule has 7 N–H and O–H groups in total. The van der Waals surface area contributed by atoms with Crippen molar-refractivity contribution in [3.8, 4) is 0 Å². The van der Waals surface area contributed by atoms with Gasteiger partial charge in [-0.3, -0.25) is 15.0 Å². The van der Waals surface area contributed by atoms with E-state index >= 15 is 0 Å². The molecule has 27 heavy (non-hydrogen) atoms. The molecule has 0 radical (unpaired) electrons. The van der Waals surface area contributed by atoms with E-state index < -0.39 is 0 Å². The molecule has 2 amide bonds. The minimum absolute atomic E-state index is 0.0985. The molecular formula is C19H34N6O2. The summed E-state index contributed by atoms with van der Waals surface area (Å²) in [4.78, 5) is 23.5. The average molecular weight is 379 g/mol. The monoisotopic (exact) mass is 378 g/mol. The maximum absolute atomic E-state index is 12.0. The molecular weight excluding hydrogens is 344 g/mol. The van der Waals surface area contributed by atoms with Crippen molar-refractivity contribution in [2.45, 2.75) is 31.7 Å². The Bertz CT molecular complexity index is 506. The summed E-state index contributed by atoms with van der Waals surface area (Å²) >= 11 is 0. The Hall–Kier alpha value is -2.45. The molecule has 0 aromatic heterocycles. The first-order valence-electron chi connectivity index (χ1n) is 9.21. The minimum Gasteiger partial charge on any atom is -0.390 e. The second-order valence-electron chi connectivity index (χ2n) is 6.02. The van der Waals surface area contributed by atoms with Crippen LogP contribution in [-0.4, -0.2) is 62.8 Å². The number of hydrogen-bond donors (Lipinski definition) is 5. The molecule has 1 aromatic rings. The van der Waals surface area contributed by atoms with E-state index in [1.807, 2.05) is 42.3 Å². The van der Waals surface area contributed by atoms with Crippen molar-refractivity contribution in [1.82, 2.24) is 15.5 Å². The highest BCUT2D eigenvalue weighted by molar-refractivity contribution is 5.82. The summed E-state index contributed by atoms with van der Waals surface area (Å²) in [6, 6.07) is 9.55. The summed E-state index contributed by atoms with van der Waals surface area (Å²) in [6.45, 7) is 3.48. The number of hydrogen-bond acceptors (Lipinski definition) is 5. The van der Waals surface area contributed by atoms with Crippen LogP contribution >= 0.6 is 0 Å². The van der Waals surface area contributed by atoms with Crippen molar-refractivity contribution >= 4 is 18.7 Å². The third-order valence-electron chi connectivity index (χ3n) is 3.86. The van der Waals surface area contributed by atoms with Gasteiger partial charge in [0.25, 0.3) is 0 Å². The molecule has 152 valence electrons. The first kappa shape index (κ1) is 24.6. The Kier molecular flexibility index (Phi) is 15.4. The summed E-state index contributed by atoms with van der Waals surface area (Å²) in [7, 11) is 1.89. The molecule has 1 aromatic carbocycles. The maximum atomic E-state index is 12.0. The fraction of sp³-hybridized carbons (Fsp3) is 0.526. The van der Waals surface area contributed by atoms with E-state index in [1.54, 1.807) is 0 Å². The number of nitrogens with zero attached hydrogens (tertiary/aromatic N) is 1. The van der Waals surface area contributed by atoms with E-state index in [2.05, 4.69) is 16.4 Å². The summed E-state index contributed by atoms with van der Waals surface area (Å²) in [5, 5.41) is 11.4. The number of rotatable bonds is 8. The van der Waals surface area contributed by atoms with Gasteiger partial charge in [-0.05, 0) is 44.8 Å². The zero-order valence-corrected chi connectivity index (χ0v) is 16.2. The molecule has 0 spiro atoms. The van der Waals surface area contributed by atoms with E-state index in [0.29, 0.717) is 6.42 Å². The van der Waals surface area contributed by atoms with E-state index in [-0.39, 0.29) is 11.9 Å². The van der Waals surface area contributed by atoms with Crippen molar-refractivity contribution in [3.63, 3.8) is 0 Å². The van der Waals surface area contributed by atoms with Crippen molar-refractivity contribution < 1.29 is 9.59 Å². The van der Waals surface area contributed by atoms with Crippen molar-refractivity contribution in [3.05, 3.63) is 35.9 Å². The number of likely N-dealkylation sites (tertiary alicyclic amines) is 1. The second-order valence-corrected chi connectivity index (χ2v) is 6.02. The third kappa shape index (κ3) is 12.5. The van der Waals surface area contributed by atoms with Gasteiger partial charge >= 0.3 is 0 Å². The van der Waals surface area contributed by atoms with Gasteiger partial charge in [-0.2, -0.15) is 0 Å². The van der Waals surface area contributed by atoms with Crippen LogP contribution in [0, 0.1) is 5.41 Å². The van der Waals surface area contributed by atoms with Gasteiger partial charge in [-0.1, -0.05) is 30.3 Å². The lowest BCUT2D eigenvalue weighted by atomic mass is 10.1. The van der Waals surface area contributed by atoms with Crippen molar-refractivity contribution in [2.24, 2.45) is 11.5 Å². The average Bonchev–Trinajstić information content (AvgIpc) is 3.21. The van der Waals surface area contributed by atoms with E-state index in [1.165, 1.54) is 0 Å². The zero-order valence-electron chi connectivity index (χ0n) is 16.2. The largest absolute Gasteiger partial charge is 0.390 e. The molecule has 1 heterocycles. The lowest BCUT2D eigenvalue weighted by Gasteiger charge is -2.20. The van der Waals surface area contributed by atoms with Crippen LogP contribution in [0.25, 0.3) is 0 Å². The highest BCUT2D eigenvalue weighted by Gasteiger charge is 2.23. The normalized spacial score (nSPS) is 13.3. The summed E-state index contributed by atoms with van der Waals surface area (Å²) in [6.07, 6.45) is 5.33. The van der Waals surface area contributed by atoms with Gasteiger partial charge in [0.15, 0.2) is 0 Å². The molecule has 1 atom stereocenters. The van der Waals surface area contributed by atoms with Crippen LogP contribution in [-0.2, 0) is 16.0 Å². The number of nitrogens with one attached hydrogen (secondary N) is 3. The van der Waals surface area contributed by atoms with Crippen LogP contribution in [0.4, 0.5) is 0 Å².